The average molecular weight is 632 g/mol. The zero-order valence-corrected chi connectivity index (χ0v) is 31.5. The van der Waals surface area contributed by atoms with E-state index in [1.807, 2.05) is 33.8 Å². The number of likely N-dealkylation sites (tertiary alicyclic amines) is 1. The van der Waals surface area contributed by atoms with Gasteiger partial charge in [0.15, 0.2) is 0 Å². The Morgan fingerprint density at radius 2 is 1.64 bits per heavy atom. The minimum absolute atomic E-state index is 0.583. The molecule has 1 heterocycles. The molecule has 0 bridgehead atoms. The quantitative estimate of drug-likeness (QED) is 0.103. The summed E-state index contributed by atoms with van der Waals surface area (Å²) in [4.78, 5) is 2.61. The van der Waals surface area contributed by atoms with Gasteiger partial charge in [-0.3, -0.25) is 4.90 Å². The molecule has 1 atom stereocenters. The zero-order valence-electron chi connectivity index (χ0n) is 31.5. The molecule has 0 spiro atoms. The molecule has 0 saturated carbocycles. The van der Waals surface area contributed by atoms with Crippen molar-refractivity contribution < 1.29 is 0 Å². The number of hydrogen-bond donors (Lipinski definition) is 0. The van der Waals surface area contributed by atoms with Gasteiger partial charge in [0.1, 0.15) is 0 Å². The van der Waals surface area contributed by atoms with Crippen LogP contribution < -0.4 is 0 Å². The highest BCUT2D eigenvalue weighted by Crippen LogP contribution is 2.42. The highest BCUT2D eigenvalue weighted by Gasteiger charge is 2.30. The number of terminal acetylenes is 1. The maximum absolute atomic E-state index is 4.64. The lowest BCUT2D eigenvalue weighted by atomic mass is 9.84. The van der Waals surface area contributed by atoms with E-state index >= 15 is 0 Å². The number of rotatable bonds is 11. The van der Waals surface area contributed by atoms with Crippen LogP contribution in [0.4, 0.5) is 0 Å². The first-order valence-corrected chi connectivity index (χ1v) is 18.1. The molecule has 2 aromatic rings. The van der Waals surface area contributed by atoms with Crippen molar-refractivity contribution in [2.75, 3.05) is 19.6 Å². The molecule has 0 aromatic heterocycles. The molecule has 1 aliphatic heterocycles. The average Bonchev–Trinajstić information content (AvgIpc) is 3.39. The summed E-state index contributed by atoms with van der Waals surface area (Å²) in [7, 11) is 0. The largest absolute Gasteiger partial charge is 0.299 e. The monoisotopic (exact) mass is 632 g/mol. The zero-order chi connectivity index (χ0) is 35.2. The number of nitrogens with zero attached hydrogens (tertiary/aromatic N) is 1. The van der Waals surface area contributed by atoms with Crippen LogP contribution in [0.3, 0.4) is 0 Å². The Bertz CT molecular complexity index is 1400. The molecule has 0 radical (unpaired) electrons. The highest BCUT2D eigenvalue weighted by molar-refractivity contribution is 5.79. The molecule has 0 amide bonds. The van der Waals surface area contributed by atoms with Crippen molar-refractivity contribution in [1.82, 2.24) is 4.90 Å². The first-order chi connectivity index (χ1) is 22.9. The van der Waals surface area contributed by atoms with Gasteiger partial charge in [-0.15, -0.1) is 12.3 Å². The number of aryl methyl sites for hydroxylation is 2. The van der Waals surface area contributed by atoms with Gasteiger partial charge >= 0.3 is 0 Å². The molecule has 1 heteroatoms. The minimum atomic E-state index is 0.583. The smallest absolute Gasteiger partial charge is 0.0233 e. The topological polar surface area (TPSA) is 3.24 Å². The lowest BCUT2D eigenvalue weighted by Crippen LogP contribution is -2.35. The van der Waals surface area contributed by atoms with Crippen molar-refractivity contribution in [3.8, 4) is 12.3 Å². The number of piperidine rings is 1. The summed E-state index contributed by atoms with van der Waals surface area (Å²) in [6, 6.07) is 11.7. The Balaban J connectivity index is 0.00000146. The highest BCUT2D eigenvalue weighted by atomic mass is 15.1. The van der Waals surface area contributed by atoms with E-state index in [0.717, 1.165) is 31.7 Å². The molecule has 254 valence electrons. The van der Waals surface area contributed by atoms with Crippen molar-refractivity contribution in [2.45, 2.75) is 101 Å². The summed E-state index contributed by atoms with van der Waals surface area (Å²) < 4.78 is 0. The van der Waals surface area contributed by atoms with Crippen LogP contribution in [0.1, 0.15) is 114 Å². The summed E-state index contributed by atoms with van der Waals surface area (Å²) in [5, 5.41) is 0. The van der Waals surface area contributed by atoms with Gasteiger partial charge in [-0.05, 0) is 142 Å². The fourth-order valence-corrected chi connectivity index (χ4v) is 6.54. The third-order valence-corrected chi connectivity index (χ3v) is 8.81. The third kappa shape index (κ3) is 13.2. The second-order valence-corrected chi connectivity index (χ2v) is 12.0. The number of benzene rings is 2. The fourth-order valence-electron chi connectivity index (χ4n) is 6.54. The van der Waals surface area contributed by atoms with Gasteiger partial charge in [0, 0.05) is 6.54 Å². The molecular weight excluding hydrogens is 567 g/mol. The van der Waals surface area contributed by atoms with Crippen LogP contribution in [0.15, 0.2) is 85.5 Å². The molecule has 1 aliphatic carbocycles. The van der Waals surface area contributed by atoms with Crippen LogP contribution in [-0.2, 0) is 19.3 Å². The second kappa shape index (κ2) is 23.7. The fraction of sp³-hybridized carbons (Fsp3) is 0.435. The van der Waals surface area contributed by atoms with Crippen molar-refractivity contribution >= 4 is 17.7 Å². The maximum Gasteiger partial charge on any atom is 0.0233 e. The lowest BCUT2D eigenvalue weighted by molar-refractivity contribution is 0.185. The molecule has 1 saturated heterocycles. The summed E-state index contributed by atoms with van der Waals surface area (Å²) >= 11 is 0. The van der Waals surface area contributed by atoms with Gasteiger partial charge < -0.3 is 0 Å². The molecule has 2 aromatic carbocycles. The molecule has 4 rings (SSSR count). The first kappa shape index (κ1) is 41.4. The van der Waals surface area contributed by atoms with E-state index < -0.39 is 0 Å². The molecule has 2 aliphatic rings. The molecule has 1 nitrogen and oxygen atoms in total. The van der Waals surface area contributed by atoms with Crippen LogP contribution in [0.5, 0.6) is 0 Å². The van der Waals surface area contributed by atoms with Crippen molar-refractivity contribution in [1.29, 1.82) is 0 Å². The number of allylic oxidation sites excluding steroid dienone is 6. The van der Waals surface area contributed by atoms with Crippen LogP contribution in [0.2, 0.25) is 0 Å². The van der Waals surface area contributed by atoms with Gasteiger partial charge in [0.25, 0.3) is 0 Å². The van der Waals surface area contributed by atoms with Crippen LogP contribution >= 0.6 is 0 Å². The van der Waals surface area contributed by atoms with Gasteiger partial charge in [0.2, 0.25) is 0 Å². The summed E-state index contributed by atoms with van der Waals surface area (Å²) in [5.41, 5.74) is 12.4. The van der Waals surface area contributed by atoms with Crippen molar-refractivity contribution in [3.05, 3.63) is 124 Å². The molecule has 1 fully saturated rings. The van der Waals surface area contributed by atoms with Crippen molar-refractivity contribution in [2.24, 2.45) is 11.8 Å². The van der Waals surface area contributed by atoms with Crippen LogP contribution in [0, 0.1) is 31.1 Å². The van der Waals surface area contributed by atoms with E-state index in [4.69, 9.17) is 0 Å². The van der Waals surface area contributed by atoms with E-state index in [1.54, 1.807) is 6.92 Å². The predicted octanol–water partition coefficient (Wildman–Crippen LogP) is 12.5. The standard InChI is InChI=1S/C39H49N.C3H4.2C2H6/c1-7-11-14-35-23-29(5)15-16-34(35)17-18-36-27-39-30(6)37(26-38(39)25-33(36)10-4)24-31-19-21-40(22-20-31)28-32(12-8-2)13-9-3;1-3-2;2*1-2/h7-9,11-13,15-18,23,25,27,31,37H,2,6,10,14,19-22,24,26,28H2,1,3-5H3;1H,2H3;2*1-2H3/b11-7-,13-9-,18-17+,32-12+;;;. The van der Waals surface area contributed by atoms with Gasteiger partial charge in [-0.1, -0.05) is 126 Å². The van der Waals surface area contributed by atoms with E-state index in [9.17, 15) is 0 Å². The van der Waals surface area contributed by atoms with Crippen molar-refractivity contribution in [3.63, 3.8) is 0 Å². The Morgan fingerprint density at radius 3 is 2.23 bits per heavy atom. The number of fused-ring (bicyclic) bond motifs is 1. The molecule has 0 N–H and O–H groups in total. The van der Waals surface area contributed by atoms with E-state index in [0.29, 0.717) is 5.92 Å². The third-order valence-electron chi connectivity index (χ3n) is 8.81. The number of hydrogen-bond acceptors (Lipinski definition) is 1. The Kier molecular flexibility index (Phi) is 20.9. The SMILES string of the molecule is C#CC.C=C/C=C(\C=C/C)CN1CCC(CC2Cc3cc(CC)c(/C=C/c4ccc(C)cc4C/C=C\C)cc3C2=C)CC1.CC.CC. The summed E-state index contributed by atoms with van der Waals surface area (Å²) in [6.45, 7) is 30.2. The summed E-state index contributed by atoms with van der Waals surface area (Å²) in [5.74, 6) is 3.63. The normalized spacial score (nSPS) is 16.6. The molecule has 47 heavy (non-hydrogen) atoms. The van der Waals surface area contributed by atoms with Crippen LogP contribution in [-0.4, -0.2) is 24.5 Å². The van der Waals surface area contributed by atoms with Crippen LogP contribution in [0.25, 0.3) is 17.7 Å². The Labute approximate surface area is 291 Å². The van der Waals surface area contributed by atoms with Gasteiger partial charge in [-0.2, -0.15) is 0 Å². The maximum atomic E-state index is 4.64. The van der Waals surface area contributed by atoms with Gasteiger partial charge in [-0.25, -0.2) is 0 Å². The lowest BCUT2D eigenvalue weighted by Gasteiger charge is -2.33. The minimum Gasteiger partial charge on any atom is -0.299 e. The summed E-state index contributed by atoms with van der Waals surface area (Å²) in [6.07, 6.45) is 29.1. The molecular formula is C46H65N. The predicted molar refractivity (Wildman–Crippen MR) is 215 cm³/mol. The first-order valence-electron chi connectivity index (χ1n) is 18.1. The van der Waals surface area contributed by atoms with E-state index in [1.165, 1.54) is 82.4 Å². The van der Waals surface area contributed by atoms with Gasteiger partial charge in [0.05, 0.1) is 0 Å². The molecule has 1 unspecified atom stereocenters. The van der Waals surface area contributed by atoms with E-state index in [2.05, 4.69) is 131 Å². The Hall–Kier alpha value is -3.60. The van der Waals surface area contributed by atoms with E-state index in [-0.39, 0.29) is 0 Å². The second-order valence-electron chi connectivity index (χ2n) is 12.0. The Morgan fingerprint density at radius 1 is 0.979 bits per heavy atom.